The Morgan fingerprint density at radius 1 is 1.50 bits per heavy atom. The van der Waals surface area contributed by atoms with Gasteiger partial charge in [-0.1, -0.05) is 18.2 Å². The summed E-state index contributed by atoms with van der Waals surface area (Å²) in [6.45, 7) is 3.81. The average Bonchev–Trinajstić information content (AvgIpc) is 2.82. The van der Waals surface area contributed by atoms with Gasteiger partial charge < -0.3 is 9.64 Å². The lowest BCUT2D eigenvalue weighted by molar-refractivity contribution is 0.00338. The van der Waals surface area contributed by atoms with Crippen molar-refractivity contribution in [3.05, 3.63) is 30.0 Å². The number of para-hydroxylation sites is 1. The van der Waals surface area contributed by atoms with Crippen LogP contribution < -0.4 is 0 Å². The van der Waals surface area contributed by atoms with Crippen LogP contribution in [-0.2, 0) is 4.74 Å². The number of fused-ring (bicyclic) bond motifs is 1. The number of carbonyl (C=O) groups excluding carboxylic acids is 1. The minimum atomic E-state index is -0.0248. The van der Waals surface area contributed by atoms with Crippen LogP contribution in [0.3, 0.4) is 0 Å². The molecule has 18 heavy (non-hydrogen) atoms. The van der Waals surface area contributed by atoms with Gasteiger partial charge in [-0.2, -0.15) is 5.10 Å². The van der Waals surface area contributed by atoms with Gasteiger partial charge in [0.05, 0.1) is 24.8 Å². The maximum Gasteiger partial charge on any atom is 0.275 e. The van der Waals surface area contributed by atoms with Crippen LogP contribution >= 0.6 is 0 Å². The number of ether oxygens (including phenoxy) is 1. The highest BCUT2D eigenvalue weighted by molar-refractivity contribution is 6.04. The molecule has 1 aliphatic rings. The van der Waals surface area contributed by atoms with Crippen LogP contribution in [0, 0.1) is 0 Å². The number of carbonyl (C=O) groups is 1. The molecule has 0 spiro atoms. The van der Waals surface area contributed by atoms with E-state index in [1.807, 2.05) is 36.1 Å². The Hall–Kier alpha value is -1.88. The minimum absolute atomic E-state index is 0.0248. The highest BCUT2D eigenvalue weighted by Gasteiger charge is 2.27. The Labute approximate surface area is 105 Å². The van der Waals surface area contributed by atoms with Gasteiger partial charge in [-0.05, 0) is 13.0 Å². The smallest absolute Gasteiger partial charge is 0.275 e. The summed E-state index contributed by atoms with van der Waals surface area (Å²) in [6, 6.07) is 7.77. The van der Waals surface area contributed by atoms with E-state index in [2.05, 4.69) is 10.2 Å². The fraction of sp³-hybridized carbons (Fsp3) is 0.385. The third-order valence-electron chi connectivity index (χ3n) is 3.30. The summed E-state index contributed by atoms with van der Waals surface area (Å²) < 4.78 is 5.34. The number of aromatic amines is 1. The van der Waals surface area contributed by atoms with E-state index < -0.39 is 0 Å². The van der Waals surface area contributed by atoms with E-state index in [0.29, 0.717) is 25.5 Å². The van der Waals surface area contributed by atoms with Crippen LogP contribution in [0.1, 0.15) is 17.4 Å². The fourth-order valence-corrected chi connectivity index (χ4v) is 2.29. The molecule has 0 radical (unpaired) electrons. The number of hydrogen-bond acceptors (Lipinski definition) is 3. The average molecular weight is 245 g/mol. The van der Waals surface area contributed by atoms with Crippen molar-refractivity contribution >= 4 is 16.8 Å². The van der Waals surface area contributed by atoms with Crippen molar-refractivity contribution in [3.63, 3.8) is 0 Å². The molecule has 2 heterocycles. The van der Waals surface area contributed by atoms with Crippen molar-refractivity contribution in [2.75, 3.05) is 19.8 Å². The number of morpholine rings is 1. The number of rotatable bonds is 1. The lowest BCUT2D eigenvalue weighted by Gasteiger charge is -2.32. The Morgan fingerprint density at radius 2 is 2.33 bits per heavy atom. The van der Waals surface area contributed by atoms with Crippen LogP contribution in [0.5, 0.6) is 0 Å². The Bertz CT molecular complexity index is 578. The number of aromatic nitrogens is 2. The molecule has 1 amide bonds. The van der Waals surface area contributed by atoms with Crippen molar-refractivity contribution in [1.29, 1.82) is 0 Å². The van der Waals surface area contributed by atoms with Gasteiger partial charge in [-0.3, -0.25) is 9.89 Å². The molecule has 0 bridgehead atoms. The predicted molar refractivity (Wildman–Crippen MR) is 67.4 cm³/mol. The molecule has 1 fully saturated rings. The second kappa shape index (κ2) is 4.42. The molecule has 5 nitrogen and oxygen atoms in total. The minimum Gasteiger partial charge on any atom is -0.377 e. The quantitative estimate of drug-likeness (QED) is 0.826. The van der Waals surface area contributed by atoms with E-state index in [-0.39, 0.29) is 11.9 Å². The van der Waals surface area contributed by atoms with E-state index in [4.69, 9.17) is 4.74 Å². The van der Waals surface area contributed by atoms with E-state index in [1.165, 1.54) is 0 Å². The van der Waals surface area contributed by atoms with Crippen LogP contribution in [0.2, 0.25) is 0 Å². The molecule has 1 aliphatic heterocycles. The monoisotopic (exact) mass is 245 g/mol. The summed E-state index contributed by atoms with van der Waals surface area (Å²) in [5.41, 5.74) is 1.39. The number of hydrogen-bond donors (Lipinski definition) is 1. The number of nitrogens with one attached hydrogen (secondary N) is 1. The van der Waals surface area contributed by atoms with E-state index >= 15 is 0 Å². The van der Waals surface area contributed by atoms with Gasteiger partial charge in [0.1, 0.15) is 0 Å². The third kappa shape index (κ3) is 1.76. The van der Waals surface area contributed by atoms with Crippen molar-refractivity contribution in [1.82, 2.24) is 15.1 Å². The van der Waals surface area contributed by atoms with Crippen LogP contribution in [0.15, 0.2) is 24.3 Å². The molecule has 94 valence electrons. The molecule has 1 aromatic carbocycles. The van der Waals surface area contributed by atoms with E-state index in [1.54, 1.807) is 0 Å². The molecule has 1 saturated heterocycles. The zero-order chi connectivity index (χ0) is 12.5. The maximum absolute atomic E-state index is 12.5. The lowest BCUT2D eigenvalue weighted by atomic mass is 10.1. The maximum atomic E-state index is 12.5. The first-order chi connectivity index (χ1) is 8.77. The van der Waals surface area contributed by atoms with E-state index in [9.17, 15) is 4.79 Å². The molecule has 5 heteroatoms. The van der Waals surface area contributed by atoms with E-state index in [0.717, 1.165) is 10.9 Å². The highest BCUT2D eigenvalue weighted by atomic mass is 16.5. The second-order valence-electron chi connectivity index (χ2n) is 4.54. The van der Waals surface area contributed by atoms with Crippen molar-refractivity contribution < 1.29 is 9.53 Å². The normalized spacial score (nSPS) is 20.3. The van der Waals surface area contributed by atoms with Crippen molar-refractivity contribution in [2.45, 2.75) is 13.0 Å². The van der Waals surface area contributed by atoms with Gasteiger partial charge in [0.2, 0.25) is 0 Å². The summed E-state index contributed by atoms with van der Waals surface area (Å²) in [4.78, 5) is 14.3. The zero-order valence-corrected chi connectivity index (χ0v) is 10.2. The number of nitrogens with zero attached hydrogens (tertiary/aromatic N) is 2. The van der Waals surface area contributed by atoms with Gasteiger partial charge in [0.25, 0.3) is 5.91 Å². The zero-order valence-electron chi connectivity index (χ0n) is 10.2. The first kappa shape index (κ1) is 11.2. The Morgan fingerprint density at radius 3 is 3.17 bits per heavy atom. The molecule has 0 saturated carbocycles. The predicted octanol–water partition coefficient (Wildman–Crippen LogP) is 1.42. The topological polar surface area (TPSA) is 58.2 Å². The van der Waals surface area contributed by atoms with Crippen molar-refractivity contribution in [3.8, 4) is 0 Å². The summed E-state index contributed by atoms with van der Waals surface area (Å²) >= 11 is 0. The Balaban J connectivity index is 1.96. The van der Waals surface area contributed by atoms with Crippen LogP contribution in [-0.4, -0.2) is 46.8 Å². The molecule has 0 aliphatic carbocycles. The molecular formula is C13H15N3O2. The third-order valence-corrected chi connectivity index (χ3v) is 3.30. The molecular weight excluding hydrogens is 230 g/mol. The molecule has 3 rings (SSSR count). The highest BCUT2D eigenvalue weighted by Crippen LogP contribution is 2.18. The lowest BCUT2D eigenvalue weighted by Crippen LogP contribution is -2.47. The van der Waals surface area contributed by atoms with Crippen LogP contribution in [0.25, 0.3) is 10.9 Å². The SMILES string of the molecule is CC1COCCN1C(=O)c1n[nH]c2ccccc12. The first-order valence-electron chi connectivity index (χ1n) is 6.09. The number of amides is 1. The standard InChI is InChI=1S/C13H15N3O2/c1-9-8-18-7-6-16(9)13(17)12-10-4-2-3-5-11(10)14-15-12/h2-5,9H,6-8H2,1H3,(H,14,15). The van der Waals surface area contributed by atoms with Crippen LogP contribution in [0.4, 0.5) is 0 Å². The largest absolute Gasteiger partial charge is 0.377 e. The van der Waals surface area contributed by atoms with Gasteiger partial charge >= 0.3 is 0 Å². The van der Waals surface area contributed by atoms with Gasteiger partial charge in [0.15, 0.2) is 5.69 Å². The van der Waals surface area contributed by atoms with Crippen molar-refractivity contribution in [2.24, 2.45) is 0 Å². The molecule has 1 unspecified atom stereocenters. The molecule has 2 aromatic rings. The van der Waals surface area contributed by atoms with Gasteiger partial charge in [-0.15, -0.1) is 0 Å². The molecule has 1 aromatic heterocycles. The number of H-pyrrole nitrogens is 1. The summed E-state index contributed by atoms with van der Waals surface area (Å²) in [6.07, 6.45) is 0. The summed E-state index contributed by atoms with van der Waals surface area (Å²) in [7, 11) is 0. The summed E-state index contributed by atoms with van der Waals surface area (Å²) in [5.74, 6) is -0.0248. The molecule has 1 N–H and O–H groups in total. The molecule has 1 atom stereocenters. The Kier molecular flexibility index (Phi) is 2.76. The fourth-order valence-electron chi connectivity index (χ4n) is 2.29. The van der Waals surface area contributed by atoms with Gasteiger partial charge in [0, 0.05) is 11.9 Å². The first-order valence-corrected chi connectivity index (χ1v) is 6.09. The second-order valence-corrected chi connectivity index (χ2v) is 4.54. The summed E-state index contributed by atoms with van der Waals surface area (Å²) in [5, 5.41) is 7.92. The van der Waals surface area contributed by atoms with Gasteiger partial charge in [-0.25, -0.2) is 0 Å². The number of benzene rings is 1.